The minimum Gasteiger partial charge on any atom is -0.265 e. The fourth-order valence-corrected chi connectivity index (χ4v) is 3.36. The maximum atomic E-state index is 12.5. The molecule has 6 nitrogen and oxygen atoms in total. The summed E-state index contributed by atoms with van der Waals surface area (Å²) >= 11 is 0. The van der Waals surface area contributed by atoms with E-state index in [1.165, 1.54) is 30.3 Å². The fraction of sp³-hybridized carbons (Fsp3) is 0.125. The van der Waals surface area contributed by atoms with Gasteiger partial charge in [0.2, 0.25) is 10.0 Å². The predicted molar refractivity (Wildman–Crippen MR) is 89.7 cm³/mol. The Balaban J connectivity index is 2.47. The lowest BCUT2D eigenvalue weighted by molar-refractivity contribution is -0.384. The highest BCUT2D eigenvalue weighted by Gasteiger charge is 2.23. The summed E-state index contributed by atoms with van der Waals surface area (Å²) in [5.41, 5.74) is 0.880. The quantitative estimate of drug-likeness (QED) is 0.443. The lowest BCUT2D eigenvalue weighted by Crippen LogP contribution is -2.32. The highest BCUT2D eigenvalue weighted by molar-refractivity contribution is 7.92. The molecule has 2 rings (SSSR count). The van der Waals surface area contributed by atoms with Crippen LogP contribution in [0.1, 0.15) is 5.56 Å². The molecule has 0 N–H and O–H groups in total. The number of hydrogen-bond acceptors (Lipinski definition) is 4. The van der Waals surface area contributed by atoms with Crippen LogP contribution in [-0.2, 0) is 16.6 Å². The molecule has 0 aliphatic carbocycles. The lowest BCUT2D eigenvalue weighted by atomic mass is 10.2. The summed E-state index contributed by atoms with van der Waals surface area (Å²) in [6, 6.07) is 14.6. The SMILES string of the molecule is C=CCS(=O)(=O)N(Cc1ccccc1)c1cccc([N+](=O)[O-])c1. The van der Waals surface area contributed by atoms with Gasteiger partial charge < -0.3 is 0 Å². The molecule has 23 heavy (non-hydrogen) atoms. The van der Waals surface area contributed by atoms with Crippen molar-refractivity contribution in [3.63, 3.8) is 0 Å². The number of hydrogen-bond donors (Lipinski definition) is 0. The van der Waals surface area contributed by atoms with E-state index in [2.05, 4.69) is 6.58 Å². The Morgan fingerprint density at radius 2 is 1.83 bits per heavy atom. The number of nitrogens with zero attached hydrogens (tertiary/aromatic N) is 2. The summed E-state index contributed by atoms with van der Waals surface area (Å²) in [7, 11) is -3.67. The van der Waals surface area contributed by atoms with Gasteiger partial charge in [0.15, 0.2) is 0 Å². The summed E-state index contributed by atoms with van der Waals surface area (Å²) in [5, 5.41) is 10.9. The minimum absolute atomic E-state index is 0.0954. The van der Waals surface area contributed by atoms with Crippen molar-refractivity contribution < 1.29 is 13.3 Å². The molecule has 0 saturated carbocycles. The van der Waals surface area contributed by atoms with E-state index < -0.39 is 14.9 Å². The van der Waals surface area contributed by atoms with Crippen molar-refractivity contribution in [3.05, 3.63) is 82.9 Å². The third-order valence-electron chi connectivity index (χ3n) is 3.16. The van der Waals surface area contributed by atoms with E-state index in [9.17, 15) is 18.5 Å². The van der Waals surface area contributed by atoms with Crippen LogP contribution >= 0.6 is 0 Å². The zero-order valence-electron chi connectivity index (χ0n) is 12.3. The number of nitro benzene ring substituents is 1. The second-order valence-electron chi connectivity index (χ2n) is 4.84. The van der Waals surface area contributed by atoms with Crippen molar-refractivity contribution in [2.45, 2.75) is 6.54 Å². The van der Waals surface area contributed by atoms with Gasteiger partial charge in [0.05, 0.1) is 22.9 Å². The molecule has 0 spiro atoms. The molecule has 0 aliphatic heterocycles. The average Bonchev–Trinajstić information content (AvgIpc) is 2.53. The summed E-state index contributed by atoms with van der Waals surface area (Å²) in [5.74, 6) is -0.247. The van der Waals surface area contributed by atoms with Gasteiger partial charge in [-0.05, 0) is 11.6 Å². The Morgan fingerprint density at radius 3 is 2.43 bits per heavy atom. The standard InChI is InChI=1S/C16H16N2O4S/c1-2-11-23(21,22)17(13-14-7-4-3-5-8-14)15-9-6-10-16(12-15)18(19)20/h2-10,12H,1,11,13H2. The van der Waals surface area contributed by atoms with E-state index in [1.807, 2.05) is 6.07 Å². The summed E-state index contributed by atoms with van der Waals surface area (Å²) in [6.07, 6.45) is 1.30. The van der Waals surface area contributed by atoms with Crippen molar-refractivity contribution >= 4 is 21.4 Å². The molecule has 2 aromatic rings. The molecule has 0 aliphatic rings. The van der Waals surface area contributed by atoms with Gasteiger partial charge in [-0.1, -0.05) is 42.5 Å². The number of sulfonamides is 1. The van der Waals surface area contributed by atoms with E-state index in [1.54, 1.807) is 24.3 Å². The Kier molecular flexibility index (Phi) is 5.13. The van der Waals surface area contributed by atoms with Crippen molar-refractivity contribution in [2.75, 3.05) is 10.1 Å². The van der Waals surface area contributed by atoms with Gasteiger partial charge in [0.25, 0.3) is 5.69 Å². The summed E-state index contributed by atoms with van der Waals surface area (Å²) < 4.78 is 26.2. The number of non-ortho nitro benzene ring substituents is 1. The third kappa shape index (κ3) is 4.17. The van der Waals surface area contributed by atoms with Gasteiger partial charge in [-0.2, -0.15) is 0 Å². The van der Waals surface area contributed by atoms with E-state index >= 15 is 0 Å². The molecule has 0 bridgehead atoms. The Hall–Kier alpha value is -2.67. The second-order valence-corrected chi connectivity index (χ2v) is 6.77. The summed E-state index contributed by atoms with van der Waals surface area (Å²) in [4.78, 5) is 10.4. The van der Waals surface area contributed by atoms with E-state index in [-0.39, 0.29) is 23.7 Å². The fourth-order valence-electron chi connectivity index (χ4n) is 2.10. The maximum Gasteiger partial charge on any atom is 0.271 e. The second kappa shape index (κ2) is 7.06. The van der Waals surface area contributed by atoms with Crippen LogP contribution in [0.15, 0.2) is 67.3 Å². The van der Waals surface area contributed by atoms with Crippen molar-refractivity contribution in [2.24, 2.45) is 0 Å². The molecule has 120 valence electrons. The van der Waals surface area contributed by atoms with Crippen LogP contribution in [0, 0.1) is 10.1 Å². The molecular weight excluding hydrogens is 316 g/mol. The zero-order chi connectivity index (χ0) is 16.9. The predicted octanol–water partition coefficient (Wildman–Crippen LogP) is 3.12. The van der Waals surface area contributed by atoms with Crippen LogP contribution in [-0.4, -0.2) is 19.1 Å². The van der Waals surface area contributed by atoms with Crippen molar-refractivity contribution in [3.8, 4) is 0 Å². The Morgan fingerprint density at radius 1 is 1.13 bits per heavy atom. The topological polar surface area (TPSA) is 80.5 Å². The van der Waals surface area contributed by atoms with Crippen LogP contribution < -0.4 is 4.31 Å². The first-order valence-electron chi connectivity index (χ1n) is 6.84. The lowest BCUT2D eigenvalue weighted by Gasteiger charge is -2.24. The van der Waals surface area contributed by atoms with Gasteiger partial charge in [-0.15, -0.1) is 6.58 Å². The van der Waals surface area contributed by atoms with Crippen molar-refractivity contribution in [1.29, 1.82) is 0 Å². The van der Waals surface area contributed by atoms with Crippen LogP contribution in [0.5, 0.6) is 0 Å². The molecule has 0 atom stereocenters. The smallest absolute Gasteiger partial charge is 0.265 e. The number of rotatable bonds is 7. The van der Waals surface area contributed by atoms with Crippen LogP contribution in [0.3, 0.4) is 0 Å². The summed E-state index contributed by atoms with van der Waals surface area (Å²) in [6.45, 7) is 3.56. The van der Waals surface area contributed by atoms with E-state index in [0.717, 1.165) is 9.87 Å². The van der Waals surface area contributed by atoms with Crippen LogP contribution in [0.4, 0.5) is 11.4 Å². The molecule has 0 amide bonds. The first kappa shape index (κ1) is 16.7. The molecule has 0 aromatic heterocycles. The van der Waals surface area contributed by atoms with E-state index in [0.29, 0.717) is 0 Å². The monoisotopic (exact) mass is 332 g/mol. The number of benzene rings is 2. The van der Waals surface area contributed by atoms with Gasteiger partial charge >= 0.3 is 0 Å². The molecule has 0 fully saturated rings. The maximum absolute atomic E-state index is 12.5. The highest BCUT2D eigenvalue weighted by Crippen LogP contribution is 2.25. The first-order valence-corrected chi connectivity index (χ1v) is 8.44. The van der Waals surface area contributed by atoms with Gasteiger partial charge in [-0.3, -0.25) is 14.4 Å². The Labute approximate surface area is 134 Å². The minimum atomic E-state index is -3.67. The third-order valence-corrected chi connectivity index (χ3v) is 4.83. The number of anilines is 1. The molecule has 0 saturated heterocycles. The normalized spacial score (nSPS) is 11.0. The van der Waals surface area contributed by atoms with Gasteiger partial charge in [0.1, 0.15) is 0 Å². The van der Waals surface area contributed by atoms with Gasteiger partial charge in [0, 0.05) is 12.1 Å². The highest BCUT2D eigenvalue weighted by atomic mass is 32.2. The van der Waals surface area contributed by atoms with Crippen LogP contribution in [0.25, 0.3) is 0 Å². The van der Waals surface area contributed by atoms with Crippen molar-refractivity contribution in [1.82, 2.24) is 0 Å². The average molecular weight is 332 g/mol. The molecule has 2 aromatic carbocycles. The molecule has 0 radical (unpaired) electrons. The number of nitro groups is 1. The zero-order valence-corrected chi connectivity index (χ0v) is 13.1. The van der Waals surface area contributed by atoms with E-state index in [4.69, 9.17) is 0 Å². The molecular formula is C16H16N2O4S. The molecule has 7 heteroatoms. The molecule has 0 heterocycles. The largest absolute Gasteiger partial charge is 0.271 e. The first-order chi connectivity index (χ1) is 10.9. The van der Waals surface area contributed by atoms with Crippen LogP contribution in [0.2, 0.25) is 0 Å². The molecule has 0 unspecified atom stereocenters. The van der Waals surface area contributed by atoms with Gasteiger partial charge in [-0.25, -0.2) is 8.42 Å². The Bertz CT molecular complexity index is 804.